The van der Waals surface area contributed by atoms with E-state index < -0.39 is 97.5 Å². The Morgan fingerprint density at radius 3 is 0.703 bits per heavy atom. The first kappa shape index (κ1) is 99.1. The van der Waals surface area contributed by atoms with Crippen molar-refractivity contribution in [3.63, 3.8) is 0 Å². The van der Waals surface area contributed by atoms with Gasteiger partial charge in [0.05, 0.1) is 26.4 Å². The number of esters is 4. The van der Waals surface area contributed by atoms with Crippen LogP contribution < -0.4 is 0 Å². The van der Waals surface area contributed by atoms with Gasteiger partial charge in [0.15, 0.2) is 12.2 Å². The van der Waals surface area contributed by atoms with Gasteiger partial charge in [-0.1, -0.05) is 376 Å². The lowest BCUT2D eigenvalue weighted by Crippen LogP contribution is -2.30. The molecule has 0 aliphatic heterocycles. The third kappa shape index (κ3) is 72.1. The molecule has 0 aliphatic rings. The van der Waals surface area contributed by atoms with Crippen molar-refractivity contribution in [1.82, 2.24) is 0 Å². The number of phosphoric acid groups is 2. The molecule has 0 fully saturated rings. The minimum Gasteiger partial charge on any atom is -0.462 e. The van der Waals surface area contributed by atoms with Gasteiger partial charge in [-0.2, -0.15) is 0 Å². The molecular weight excluding hydrogens is 1320 g/mol. The van der Waals surface area contributed by atoms with E-state index in [-0.39, 0.29) is 25.7 Å². The molecule has 8 atom stereocenters. The molecule has 0 amide bonds. The second-order valence-corrected chi connectivity index (χ2v) is 33.1. The maximum absolute atomic E-state index is 13.1. The van der Waals surface area contributed by atoms with Gasteiger partial charge in [-0.3, -0.25) is 37.3 Å². The lowest BCUT2D eigenvalue weighted by molar-refractivity contribution is -0.161. The van der Waals surface area contributed by atoms with Crippen LogP contribution in [0.5, 0.6) is 0 Å². The van der Waals surface area contributed by atoms with E-state index in [0.717, 1.165) is 108 Å². The molecule has 0 spiro atoms. The van der Waals surface area contributed by atoms with E-state index in [1.807, 2.05) is 0 Å². The van der Waals surface area contributed by atoms with Gasteiger partial charge in [0.25, 0.3) is 0 Å². The SMILES string of the molecule is CCCCCCCCCCCCCCCCCCCC(=O)OC[C@H](COP(=O)(O)OC[C@@H](O)COP(=O)(O)OC[C@@H](COC(=O)CCCCCCCCCCC(C)CC)OC(=O)CCCCCCCCCCCCC(C)CC)OC(=O)CCCCCCCCCCCCCCCCC(C)CC. The van der Waals surface area contributed by atoms with Crippen LogP contribution in [0.2, 0.25) is 0 Å². The zero-order valence-corrected chi connectivity index (χ0v) is 68.2. The first-order valence-corrected chi connectivity index (χ1v) is 45.5. The van der Waals surface area contributed by atoms with Gasteiger partial charge < -0.3 is 33.8 Å². The van der Waals surface area contributed by atoms with Crippen LogP contribution in [0.25, 0.3) is 0 Å². The van der Waals surface area contributed by atoms with Gasteiger partial charge in [-0.25, -0.2) is 9.13 Å². The molecule has 0 heterocycles. The zero-order chi connectivity index (χ0) is 74.4. The van der Waals surface area contributed by atoms with E-state index in [1.165, 1.54) is 238 Å². The highest BCUT2D eigenvalue weighted by atomic mass is 31.2. The first-order chi connectivity index (χ1) is 48.8. The Balaban J connectivity index is 5.28. The first-order valence-electron chi connectivity index (χ1n) is 42.5. The third-order valence-electron chi connectivity index (χ3n) is 20.2. The molecule has 3 N–H and O–H groups in total. The van der Waals surface area contributed by atoms with Gasteiger partial charge in [0.2, 0.25) is 0 Å². The number of phosphoric ester groups is 2. The Kier molecular flexibility index (Phi) is 70.9. The molecule has 17 nitrogen and oxygen atoms in total. The number of aliphatic hydroxyl groups excluding tert-OH is 1. The molecule has 0 radical (unpaired) electrons. The summed E-state index contributed by atoms with van der Waals surface area (Å²) in [6.07, 6.45) is 60.8. The Bertz CT molecular complexity index is 1960. The molecule has 0 saturated heterocycles. The van der Waals surface area contributed by atoms with Crippen molar-refractivity contribution in [2.75, 3.05) is 39.6 Å². The summed E-state index contributed by atoms with van der Waals surface area (Å²) in [5.74, 6) is 0.317. The largest absolute Gasteiger partial charge is 0.472 e. The summed E-state index contributed by atoms with van der Waals surface area (Å²) in [5, 5.41) is 10.7. The minimum absolute atomic E-state index is 0.106. The van der Waals surface area contributed by atoms with E-state index in [4.69, 9.17) is 37.0 Å². The summed E-state index contributed by atoms with van der Waals surface area (Å²) < 4.78 is 68.8. The normalized spacial score (nSPS) is 14.8. The Labute approximate surface area is 619 Å². The minimum atomic E-state index is -4.96. The number of hydrogen-bond donors (Lipinski definition) is 3. The predicted molar refractivity (Wildman–Crippen MR) is 414 cm³/mol. The smallest absolute Gasteiger partial charge is 0.462 e. The monoisotopic (exact) mass is 1480 g/mol. The van der Waals surface area contributed by atoms with Crippen molar-refractivity contribution in [1.29, 1.82) is 0 Å². The van der Waals surface area contributed by atoms with Gasteiger partial charge >= 0.3 is 39.5 Å². The Morgan fingerprint density at radius 1 is 0.277 bits per heavy atom. The molecule has 19 heteroatoms. The van der Waals surface area contributed by atoms with Crippen LogP contribution in [-0.2, 0) is 65.4 Å². The quantitative estimate of drug-likeness (QED) is 0.0222. The van der Waals surface area contributed by atoms with E-state index in [1.54, 1.807) is 0 Å². The molecule has 0 aromatic carbocycles. The van der Waals surface area contributed by atoms with Crippen LogP contribution in [0.15, 0.2) is 0 Å². The second kappa shape index (κ2) is 72.3. The number of carbonyl (C=O) groups is 4. The van der Waals surface area contributed by atoms with Gasteiger partial charge in [0, 0.05) is 25.7 Å². The Morgan fingerprint density at radius 2 is 0.475 bits per heavy atom. The number of aliphatic hydroxyl groups is 1. The van der Waals surface area contributed by atoms with Gasteiger partial charge in [0.1, 0.15) is 19.3 Å². The lowest BCUT2D eigenvalue weighted by Gasteiger charge is -2.21. The number of unbranched alkanes of at least 4 members (excludes halogenated alkanes) is 45. The summed E-state index contributed by atoms with van der Waals surface area (Å²) >= 11 is 0. The number of ether oxygens (including phenoxy) is 4. The Hall–Kier alpha value is -1.94. The van der Waals surface area contributed by atoms with E-state index >= 15 is 0 Å². The van der Waals surface area contributed by atoms with Crippen LogP contribution in [0.1, 0.15) is 427 Å². The number of hydrogen-bond acceptors (Lipinski definition) is 15. The fourth-order valence-corrected chi connectivity index (χ4v) is 14.1. The fraction of sp³-hybridized carbons (Fsp3) is 0.951. The average molecular weight is 1480 g/mol. The summed E-state index contributed by atoms with van der Waals surface area (Å²) in [6.45, 7) is 12.0. The molecule has 0 bridgehead atoms. The molecule has 5 unspecified atom stereocenters. The molecule has 0 aromatic heterocycles. The van der Waals surface area contributed by atoms with Crippen LogP contribution in [0.3, 0.4) is 0 Å². The summed E-state index contributed by atoms with van der Waals surface area (Å²) in [4.78, 5) is 73.1. The predicted octanol–water partition coefficient (Wildman–Crippen LogP) is 24.5. The van der Waals surface area contributed by atoms with Crippen LogP contribution in [0, 0.1) is 17.8 Å². The summed E-state index contributed by atoms with van der Waals surface area (Å²) in [6, 6.07) is 0. The number of carbonyl (C=O) groups excluding carboxylic acids is 4. The summed E-state index contributed by atoms with van der Waals surface area (Å²) in [7, 11) is -9.92. The van der Waals surface area contributed by atoms with Crippen LogP contribution in [0.4, 0.5) is 0 Å². The zero-order valence-electron chi connectivity index (χ0n) is 66.4. The maximum atomic E-state index is 13.1. The van der Waals surface area contributed by atoms with Crippen molar-refractivity contribution in [3.8, 4) is 0 Å². The maximum Gasteiger partial charge on any atom is 0.472 e. The van der Waals surface area contributed by atoms with Crippen molar-refractivity contribution >= 4 is 39.5 Å². The summed E-state index contributed by atoms with van der Waals surface area (Å²) in [5.41, 5.74) is 0. The lowest BCUT2D eigenvalue weighted by atomic mass is 9.99. The molecular formula is C82H160O17P2. The van der Waals surface area contributed by atoms with Crippen molar-refractivity contribution in [3.05, 3.63) is 0 Å². The molecule has 0 aliphatic carbocycles. The average Bonchev–Trinajstić information content (AvgIpc) is 0.936. The second-order valence-electron chi connectivity index (χ2n) is 30.2. The third-order valence-corrected chi connectivity index (χ3v) is 22.1. The van der Waals surface area contributed by atoms with Crippen molar-refractivity contribution < 1.29 is 80.2 Å². The highest BCUT2D eigenvalue weighted by Gasteiger charge is 2.30. The molecule has 600 valence electrons. The van der Waals surface area contributed by atoms with Gasteiger partial charge in [-0.05, 0) is 43.4 Å². The fourth-order valence-electron chi connectivity index (χ4n) is 12.6. The van der Waals surface area contributed by atoms with Crippen LogP contribution in [-0.4, -0.2) is 96.7 Å². The molecule has 0 saturated carbocycles. The molecule has 0 rings (SSSR count). The molecule has 101 heavy (non-hydrogen) atoms. The van der Waals surface area contributed by atoms with E-state index in [9.17, 15) is 43.2 Å². The van der Waals surface area contributed by atoms with Gasteiger partial charge in [-0.15, -0.1) is 0 Å². The highest BCUT2D eigenvalue weighted by Crippen LogP contribution is 2.45. The van der Waals surface area contributed by atoms with Crippen molar-refractivity contribution in [2.45, 2.75) is 446 Å². The van der Waals surface area contributed by atoms with Crippen molar-refractivity contribution in [2.24, 2.45) is 17.8 Å². The van der Waals surface area contributed by atoms with E-state index in [2.05, 4.69) is 48.5 Å². The highest BCUT2D eigenvalue weighted by molar-refractivity contribution is 7.47. The van der Waals surface area contributed by atoms with E-state index in [0.29, 0.717) is 25.7 Å². The molecule has 0 aromatic rings. The standard InChI is InChI=1S/C82H160O17P2/c1-8-12-13-14-15-16-17-18-19-20-21-25-28-34-42-49-56-63-79(84)92-69-77(98-81(86)65-58-51-44-35-29-26-23-22-24-27-32-39-46-53-60-73(5)9-2)71-96-100(88,89)94-67-76(83)68-95-101(90,91)97-72-78(70-93-80(85)64-57-50-43-38-37-41-48-55-62-75(7)11-4)99-82(87)66-59-52-45-36-31-30-33-40-47-54-61-74(6)10-3/h73-78,83H,8-72H2,1-7H3,(H,88,89)(H,90,91)/t73?,74?,75?,76-,77-,78-/m1/s1. The topological polar surface area (TPSA) is 237 Å². The number of rotatable bonds is 80. The van der Waals surface area contributed by atoms with Crippen LogP contribution >= 0.6 is 15.6 Å².